The van der Waals surface area contributed by atoms with Crippen molar-refractivity contribution < 1.29 is 4.79 Å². The molecular weight excluding hydrogens is 262 g/mol. The number of piperazine rings is 1. The van der Waals surface area contributed by atoms with E-state index in [1.807, 2.05) is 35.4 Å². The Bertz CT molecular complexity index is 645. The average molecular weight is 285 g/mol. The minimum atomic E-state index is 0.140. The third-order valence-electron chi connectivity index (χ3n) is 4.34. The molecule has 2 aromatic rings. The Morgan fingerprint density at radius 2 is 1.76 bits per heavy atom. The van der Waals surface area contributed by atoms with Crippen molar-refractivity contribution in [2.45, 2.75) is 26.3 Å². The van der Waals surface area contributed by atoms with Crippen molar-refractivity contribution in [3.05, 3.63) is 36.0 Å². The smallest absolute Gasteiger partial charge is 0.256 e. The molecular formula is C17H23N3O. The van der Waals surface area contributed by atoms with E-state index in [9.17, 15) is 4.79 Å². The summed E-state index contributed by atoms with van der Waals surface area (Å²) in [6.07, 6.45) is 1.84. The van der Waals surface area contributed by atoms with Gasteiger partial charge in [-0.2, -0.15) is 0 Å². The van der Waals surface area contributed by atoms with Crippen LogP contribution in [0.15, 0.2) is 30.5 Å². The first-order valence-electron chi connectivity index (χ1n) is 7.57. The number of para-hydroxylation sites is 1. The van der Waals surface area contributed by atoms with Gasteiger partial charge in [-0.15, -0.1) is 0 Å². The Kier molecular flexibility index (Phi) is 3.49. The fraction of sp³-hybridized carbons (Fsp3) is 0.471. The first-order chi connectivity index (χ1) is 9.97. The van der Waals surface area contributed by atoms with Crippen molar-refractivity contribution >= 4 is 16.8 Å². The molecule has 1 aromatic heterocycles. The van der Waals surface area contributed by atoms with Crippen molar-refractivity contribution in [3.63, 3.8) is 0 Å². The summed E-state index contributed by atoms with van der Waals surface area (Å²) in [5.74, 6) is 0.140. The quantitative estimate of drug-likeness (QED) is 0.875. The molecule has 1 N–H and O–H groups in total. The standard InChI is InChI=1S/C17H23N3O/c1-17(2,3)20-10-8-19(9-11-20)16(21)14-12-18-15-7-5-4-6-13(14)15/h4-7,12,18H,8-11H2,1-3H3. The summed E-state index contributed by atoms with van der Waals surface area (Å²) in [5, 5.41) is 1.01. The van der Waals surface area contributed by atoms with Gasteiger partial charge in [0.1, 0.15) is 0 Å². The Morgan fingerprint density at radius 3 is 2.43 bits per heavy atom. The van der Waals surface area contributed by atoms with E-state index in [4.69, 9.17) is 0 Å². The van der Waals surface area contributed by atoms with Gasteiger partial charge in [-0.1, -0.05) is 18.2 Å². The molecule has 21 heavy (non-hydrogen) atoms. The van der Waals surface area contributed by atoms with E-state index < -0.39 is 0 Å². The highest BCUT2D eigenvalue weighted by Crippen LogP contribution is 2.21. The zero-order valence-electron chi connectivity index (χ0n) is 13.0. The van der Waals surface area contributed by atoms with Gasteiger partial charge in [0.15, 0.2) is 0 Å². The maximum Gasteiger partial charge on any atom is 0.256 e. The number of aromatic nitrogens is 1. The van der Waals surface area contributed by atoms with Crippen LogP contribution in [0.2, 0.25) is 0 Å². The van der Waals surface area contributed by atoms with Crippen molar-refractivity contribution in [3.8, 4) is 0 Å². The fourth-order valence-corrected chi connectivity index (χ4v) is 3.00. The molecule has 1 amide bonds. The molecule has 0 unspecified atom stereocenters. The van der Waals surface area contributed by atoms with Crippen molar-refractivity contribution in [1.29, 1.82) is 0 Å². The minimum absolute atomic E-state index is 0.140. The first kappa shape index (κ1) is 14.1. The Hall–Kier alpha value is -1.81. The van der Waals surface area contributed by atoms with Crippen LogP contribution in [-0.2, 0) is 0 Å². The number of fused-ring (bicyclic) bond motifs is 1. The van der Waals surface area contributed by atoms with E-state index in [0.29, 0.717) is 0 Å². The molecule has 1 saturated heterocycles. The molecule has 1 aliphatic heterocycles. The number of nitrogens with one attached hydrogen (secondary N) is 1. The summed E-state index contributed by atoms with van der Waals surface area (Å²) in [4.78, 5) is 20.3. The maximum absolute atomic E-state index is 12.7. The van der Waals surface area contributed by atoms with Crippen molar-refractivity contribution in [2.75, 3.05) is 26.2 Å². The third-order valence-corrected chi connectivity index (χ3v) is 4.34. The lowest BCUT2D eigenvalue weighted by molar-refractivity contribution is 0.0452. The van der Waals surface area contributed by atoms with Gasteiger partial charge in [-0.3, -0.25) is 9.69 Å². The van der Waals surface area contributed by atoms with Crippen LogP contribution in [0, 0.1) is 0 Å². The molecule has 1 aliphatic rings. The zero-order chi connectivity index (χ0) is 15.0. The highest BCUT2D eigenvalue weighted by atomic mass is 16.2. The van der Waals surface area contributed by atoms with Gasteiger partial charge < -0.3 is 9.88 Å². The van der Waals surface area contributed by atoms with Gasteiger partial charge in [0.05, 0.1) is 5.56 Å². The molecule has 1 aromatic carbocycles. The molecule has 0 atom stereocenters. The lowest BCUT2D eigenvalue weighted by Gasteiger charge is -2.42. The molecule has 3 rings (SSSR count). The molecule has 0 spiro atoms. The number of aromatic amines is 1. The van der Waals surface area contributed by atoms with Gasteiger partial charge in [0.2, 0.25) is 0 Å². The highest BCUT2D eigenvalue weighted by molar-refractivity contribution is 6.06. The van der Waals surface area contributed by atoms with E-state index in [2.05, 4.69) is 30.7 Å². The van der Waals surface area contributed by atoms with Crippen LogP contribution >= 0.6 is 0 Å². The molecule has 0 radical (unpaired) electrons. The van der Waals surface area contributed by atoms with Crippen LogP contribution < -0.4 is 0 Å². The molecule has 1 fully saturated rings. The number of carbonyl (C=O) groups is 1. The highest BCUT2D eigenvalue weighted by Gasteiger charge is 2.28. The second-order valence-electron chi connectivity index (χ2n) is 6.70. The monoisotopic (exact) mass is 285 g/mol. The van der Waals surface area contributed by atoms with Crippen LogP contribution in [0.3, 0.4) is 0 Å². The second-order valence-corrected chi connectivity index (χ2v) is 6.70. The summed E-state index contributed by atoms with van der Waals surface area (Å²) in [6, 6.07) is 7.97. The van der Waals surface area contributed by atoms with Crippen LogP contribution in [-0.4, -0.2) is 52.4 Å². The second kappa shape index (κ2) is 5.19. The number of hydrogen-bond acceptors (Lipinski definition) is 2. The summed E-state index contributed by atoms with van der Waals surface area (Å²) < 4.78 is 0. The van der Waals surface area contributed by atoms with Crippen molar-refractivity contribution in [1.82, 2.24) is 14.8 Å². The summed E-state index contributed by atoms with van der Waals surface area (Å²) >= 11 is 0. The number of carbonyl (C=O) groups excluding carboxylic acids is 1. The number of nitrogens with zero attached hydrogens (tertiary/aromatic N) is 2. The fourth-order valence-electron chi connectivity index (χ4n) is 3.00. The van der Waals surface area contributed by atoms with Gasteiger partial charge >= 0.3 is 0 Å². The summed E-state index contributed by atoms with van der Waals surface area (Å²) in [5.41, 5.74) is 1.99. The Morgan fingerprint density at radius 1 is 1.10 bits per heavy atom. The van der Waals surface area contributed by atoms with E-state index in [0.717, 1.165) is 42.6 Å². The molecule has 0 saturated carbocycles. The van der Waals surface area contributed by atoms with Gasteiger partial charge in [-0.25, -0.2) is 0 Å². The average Bonchev–Trinajstić information content (AvgIpc) is 2.90. The lowest BCUT2D eigenvalue weighted by atomic mass is 10.0. The number of hydrogen-bond donors (Lipinski definition) is 1. The topological polar surface area (TPSA) is 39.3 Å². The Labute approximate surface area is 125 Å². The molecule has 112 valence electrons. The van der Waals surface area contributed by atoms with Gasteiger partial charge in [-0.05, 0) is 26.8 Å². The number of H-pyrrole nitrogens is 1. The van der Waals surface area contributed by atoms with Crippen LogP contribution in [0.1, 0.15) is 31.1 Å². The SMILES string of the molecule is CC(C)(C)N1CCN(C(=O)c2c[nH]c3ccccc23)CC1. The third kappa shape index (κ3) is 2.68. The van der Waals surface area contributed by atoms with E-state index in [1.165, 1.54) is 0 Å². The van der Waals surface area contributed by atoms with Crippen LogP contribution in [0.25, 0.3) is 10.9 Å². The van der Waals surface area contributed by atoms with Crippen molar-refractivity contribution in [2.24, 2.45) is 0 Å². The lowest BCUT2D eigenvalue weighted by Crippen LogP contribution is -2.54. The van der Waals surface area contributed by atoms with Crippen LogP contribution in [0.5, 0.6) is 0 Å². The largest absolute Gasteiger partial charge is 0.360 e. The molecule has 4 heteroatoms. The van der Waals surface area contributed by atoms with E-state index in [-0.39, 0.29) is 11.4 Å². The van der Waals surface area contributed by atoms with Crippen LogP contribution in [0.4, 0.5) is 0 Å². The number of rotatable bonds is 1. The minimum Gasteiger partial charge on any atom is -0.360 e. The maximum atomic E-state index is 12.7. The van der Waals surface area contributed by atoms with E-state index in [1.54, 1.807) is 0 Å². The molecule has 2 heterocycles. The molecule has 0 bridgehead atoms. The van der Waals surface area contributed by atoms with Gasteiger partial charge in [0.25, 0.3) is 5.91 Å². The van der Waals surface area contributed by atoms with Gasteiger partial charge in [0, 0.05) is 48.8 Å². The Balaban J connectivity index is 1.75. The number of benzene rings is 1. The zero-order valence-corrected chi connectivity index (χ0v) is 13.0. The summed E-state index contributed by atoms with van der Waals surface area (Å²) in [7, 11) is 0. The summed E-state index contributed by atoms with van der Waals surface area (Å²) in [6.45, 7) is 10.2. The first-order valence-corrected chi connectivity index (χ1v) is 7.57. The predicted octanol–water partition coefficient (Wildman–Crippen LogP) is 2.72. The van der Waals surface area contributed by atoms with E-state index >= 15 is 0 Å². The molecule has 0 aliphatic carbocycles. The predicted molar refractivity (Wildman–Crippen MR) is 85.5 cm³/mol. The molecule has 4 nitrogen and oxygen atoms in total. The number of amides is 1. The normalized spacial score (nSPS) is 17.4.